The Labute approximate surface area is 340 Å². The lowest BCUT2D eigenvalue weighted by Gasteiger charge is -2.25. The second-order valence-electron chi connectivity index (χ2n) is 15.6. The van der Waals surface area contributed by atoms with E-state index >= 15 is 0 Å². The Bertz CT molecular complexity index is 959. The van der Waals surface area contributed by atoms with Gasteiger partial charge in [-0.2, -0.15) is 0 Å². The largest absolute Gasteiger partial charge is 0.472 e. The summed E-state index contributed by atoms with van der Waals surface area (Å²) in [6.07, 6.45) is 50.0. The molecule has 0 aromatic rings. The zero-order valence-electron chi connectivity index (χ0n) is 35.9. The molecule has 0 rings (SSSR count). The minimum Gasteiger partial charge on any atom is -0.391 e. The number of phosphoric ester groups is 1. The molecule has 0 saturated heterocycles. The lowest BCUT2D eigenvalue weighted by atomic mass is 10.0. The minimum absolute atomic E-state index is 0.0859. The van der Waals surface area contributed by atoms with Gasteiger partial charge in [-0.15, -0.1) is 0 Å². The number of allylic oxidation sites excluding steroid dienone is 6. The molecule has 55 heavy (non-hydrogen) atoms. The smallest absolute Gasteiger partial charge is 0.391 e. The number of carbonyl (C=O) groups is 1. The zero-order valence-corrected chi connectivity index (χ0v) is 36.8. The van der Waals surface area contributed by atoms with Crippen molar-refractivity contribution in [2.75, 3.05) is 19.8 Å². The first kappa shape index (κ1) is 53.7. The summed E-state index contributed by atoms with van der Waals surface area (Å²) in [6, 6.07) is -0.781. The van der Waals surface area contributed by atoms with E-state index in [0.717, 1.165) is 64.2 Å². The van der Waals surface area contributed by atoms with Crippen molar-refractivity contribution in [1.29, 1.82) is 0 Å². The van der Waals surface area contributed by atoms with Gasteiger partial charge in [0.25, 0.3) is 0 Å². The molecule has 0 bridgehead atoms. The molecule has 0 aliphatic carbocycles. The molecule has 0 aliphatic rings. The van der Waals surface area contributed by atoms with Gasteiger partial charge in [-0.3, -0.25) is 13.8 Å². The fraction of sp³-hybridized carbons (Fsp3) is 0.848. The molecule has 0 fully saturated rings. The number of rotatable bonds is 43. The summed E-state index contributed by atoms with van der Waals surface area (Å²) in [5.74, 6) is -0.173. The molecule has 3 atom stereocenters. The molecule has 9 heteroatoms. The number of hydrogen-bond acceptors (Lipinski definition) is 6. The molecule has 1 amide bonds. The SMILES string of the molecule is CCCCC/C=C\C/C=C\C/C=C\CCCCCCCCC(=O)NC(COP(=O)(O)OCCN)C(O)CCCCCCCCCCCCCCCCCCC. The predicted octanol–water partition coefficient (Wildman–Crippen LogP) is 13.1. The van der Waals surface area contributed by atoms with Crippen LogP contribution in [-0.2, 0) is 18.4 Å². The molecule has 0 aromatic carbocycles. The Morgan fingerprint density at radius 3 is 1.49 bits per heavy atom. The van der Waals surface area contributed by atoms with Gasteiger partial charge in [0, 0.05) is 13.0 Å². The highest BCUT2D eigenvalue weighted by Gasteiger charge is 2.27. The number of nitrogens with one attached hydrogen (secondary N) is 1. The second-order valence-corrected chi connectivity index (χ2v) is 17.1. The van der Waals surface area contributed by atoms with Gasteiger partial charge >= 0.3 is 7.82 Å². The van der Waals surface area contributed by atoms with Gasteiger partial charge in [0.2, 0.25) is 5.91 Å². The first-order chi connectivity index (χ1) is 26.9. The van der Waals surface area contributed by atoms with Crippen LogP contribution >= 0.6 is 7.82 Å². The van der Waals surface area contributed by atoms with E-state index in [4.69, 9.17) is 14.8 Å². The molecular formula is C46H89N2O6P. The Morgan fingerprint density at radius 2 is 1.00 bits per heavy atom. The maximum Gasteiger partial charge on any atom is 0.472 e. The molecule has 0 radical (unpaired) electrons. The van der Waals surface area contributed by atoms with Crippen LogP contribution in [0.4, 0.5) is 0 Å². The van der Waals surface area contributed by atoms with Crippen LogP contribution in [0.25, 0.3) is 0 Å². The maximum absolute atomic E-state index is 12.8. The minimum atomic E-state index is -4.32. The van der Waals surface area contributed by atoms with E-state index in [1.54, 1.807) is 0 Å². The topological polar surface area (TPSA) is 131 Å². The van der Waals surface area contributed by atoms with Crippen molar-refractivity contribution in [2.24, 2.45) is 5.73 Å². The highest BCUT2D eigenvalue weighted by Crippen LogP contribution is 2.43. The summed E-state index contributed by atoms with van der Waals surface area (Å²) in [5, 5.41) is 13.8. The normalized spacial score (nSPS) is 14.3. The number of phosphoric acid groups is 1. The van der Waals surface area contributed by atoms with Crippen LogP contribution in [-0.4, -0.2) is 47.8 Å². The van der Waals surface area contributed by atoms with Gasteiger partial charge in [-0.05, 0) is 51.4 Å². The van der Waals surface area contributed by atoms with E-state index in [1.165, 1.54) is 128 Å². The Balaban J connectivity index is 4.15. The third-order valence-electron chi connectivity index (χ3n) is 10.2. The van der Waals surface area contributed by atoms with Crippen molar-refractivity contribution < 1.29 is 28.4 Å². The van der Waals surface area contributed by atoms with E-state index in [0.29, 0.717) is 12.8 Å². The Kier molecular flexibility index (Phi) is 41.3. The van der Waals surface area contributed by atoms with Crippen LogP contribution in [0.3, 0.4) is 0 Å². The average molecular weight is 797 g/mol. The first-order valence-electron chi connectivity index (χ1n) is 23.1. The summed E-state index contributed by atoms with van der Waals surface area (Å²) in [6.45, 7) is 4.18. The molecule has 0 aromatic heterocycles. The standard InChI is InChI=1S/C46H89N2O6P/c1-3-5-7-9-11-13-15-17-19-21-22-24-26-28-30-32-34-36-38-40-46(50)48-44(43-54-55(51,52)53-42-41-47)45(49)39-37-35-33-31-29-27-25-23-20-18-16-14-12-10-8-6-4-2/h11,13,17,19,22,24,44-45,49H,3-10,12,14-16,18,20-21,23,25-43,47H2,1-2H3,(H,48,50)(H,51,52)/b13-11-,19-17-,24-22-. The summed E-state index contributed by atoms with van der Waals surface area (Å²) >= 11 is 0. The van der Waals surface area contributed by atoms with Gasteiger partial charge in [-0.1, -0.05) is 198 Å². The molecule has 0 heterocycles. The van der Waals surface area contributed by atoms with Gasteiger partial charge in [-0.25, -0.2) is 4.57 Å². The third kappa shape index (κ3) is 40.7. The van der Waals surface area contributed by atoms with E-state index in [-0.39, 0.29) is 25.7 Å². The zero-order chi connectivity index (χ0) is 40.3. The van der Waals surface area contributed by atoms with E-state index in [2.05, 4.69) is 55.6 Å². The molecule has 324 valence electrons. The third-order valence-corrected chi connectivity index (χ3v) is 11.2. The lowest BCUT2D eigenvalue weighted by molar-refractivity contribution is -0.123. The lowest BCUT2D eigenvalue weighted by Crippen LogP contribution is -2.46. The van der Waals surface area contributed by atoms with Crippen molar-refractivity contribution in [2.45, 2.75) is 231 Å². The quantitative estimate of drug-likeness (QED) is 0.0274. The van der Waals surface area contributed by atoms with Crippen LogP contribution in [0.5, 0.6) is 0 Å². The van der Waals surface area contributed by atoms with E-state index in [9.17, 15) is 19.4 Å². The van der Waals surface area contributed by atoms with Crippen LogP contribution in [0, 0.1) is 0 Å². The highest BCUT2D eigenvalue weighted by molar-refractivity contribution is 7.47. The monoisotopic (exact) mass is 797 g/mol. The number of unbranched alkanes of at least 4 members (excludes halogenated alkanes) is 25. The van der Waals surface area contributed by atoms with E-state index in [1.807, 2.05) is 0 Å². The summed E-state index contributed by atoms with van der Waals surface area (Å²) in [7, 11) is -4.32. The molecule has 0 aliphatic heterocycles. The summed E-state index contributed by atoms with van der Waals surface area (Å²) in [5.41, 5.74) is 5.39. The Hall–Kier alpha value is -1.28. The van der Waals surface area contributed by atoms with Crippen molar-refractivity contribution in [3.63, 3.8) is 0 Å². The number of amides is 1. The van der Waals surface area contributed by atoms with Crippen LogP contribution < -0.4 is 11.1 Å². The molecule has 5 N–H and O–H groups in total. The predicted molar refractivity (Wildman–Crippen MR) is 235 cm³/mol. The molecule has 8 nitrogen and oxygen atoms in total. The highest BCUT2D eigenvalue weighted by atomic mass is 31.2. The van der Waals surface area contributed by atoms with Crippen LogP contribution in [0.15, 0.2) is 36.5 Å². The molecular weight excluding hydrogens is 707 g/mol. The van der Waals surface area contributed by atoms with Crippen LogP contribution in [0.2, 0.25) is 0 Å². The number of aliphatic hydroxyl groups is 1. The molecule has 0 saturated carbocycles. The number of hydrogen-bond donors (Lipinski definition) is 4. The number of carbonyl (C=O) groups excluding carboxylic acids is 1. The van der Waals surface area contributed by atoms with E-state index < -0.39 is 20.0 Å². The van der Waals surface area contributed by atoms with Gasteiger partial charge < -0.3 is 21.1 Å². The van der Waals surface area contributed by atoms with Crippen molar-refractivity contribution in [3.05, 3.63) is 36.5 Å². The summed E-state index contributed by atoms with van der Waals surface area (Å²) < 4.78 is 22.2. The first-order valence-corrected chi connectivity index (χ1v) is 24.6. The van der Waals surface area contributed by atoms with Crippen molar-refractivity contribution in [1.82, 2.24) is 5.32 Å². The van der Waals surface area contributed by atoms with Gasteiger partial charge in [0.15, 0.2) is 0 Å². The molecule has 3 unspecified atom stereocenters. The summed E-state index contributed by atoms with van der Waals surface area (Å²) in [4.78, 5) is 22.8. The number of aliphatic hydroxyl groups excluding tert-OH is 1. The fourth-order valence-corrected chi connectivity index (χ4v) is 7.49. The fourth-order valence-electron chi connectivity index (χ4n) is 6.73. The average Bonchev–Trinajstić information content (AvgIpc) is 3.17. The molecule has 0 spiro atoms. The van der Waals surface area contributed by atoms with Gasteiger partial charge in [0.1, 0.15) is 0 Å². The van der Waals surface area contributed by atoms with Crippen LogP contribution in [0.1, 0.15) is 219 Å². The van der Waals surface area contributed by atoms with Gasteiger partial charge in [0.05, 0.1) is 25.4 Å². The maximum atomic E-state index is 12.8. The Morgan fingerprint density at radius 1 is 0.600 bits per heavy atom. The number of nitrogens with two attached hydrogens (primary N) is 1. The van der Waals surface area contributed by atoms with Crippen molar-refractivity contribution >= 4 is 13.7 Å². The van der Waals surface area contributed by atoms with Crippen molar-refractivity contribution in [3.8, 4) is 0 Å². The second kappa shape index (κ2) is 42.3.